The van der Waals surface area contributed by atoms with Gasteiger partial charge in [-0.25, -0.2) is 13.6 Å². The third kappa shape index (κ3) is 4.89. The lowest BCUT2D eigenvalue weighted by Gasteiger charge is -2.07. The summed E-state index contributed by atoms with van der Waals surface area (Å²) in [6.07, 6.45) is 0. The van der Waals surface area contributed by atoms with Crippen molar-refractivity contribution in [3.63, 3.8) is 0 Å². The standard InChI is InChI=1S/C19H14F2N2O4S/c20-11-4-6-12(7-5-11)23-17(24)9-22-18(25)10-27-19(26)16-8-13-14(21)2-1-3-15(13)28-16/h1-8H,9-10H2,(H,22,25)(H,23,24). The van der Waals surface area contributed by atoms with Gasteiger partial charge in [-0.05, 0) is 42.5 Å². The summed E-state index contributed by atoms with van der Waals surface area (Å²) >= 11 is 1.05. The van der Waals surface area contributed by atoms with Crippen LogP contribution in [0.25, 0.3) is 10.1 Å². The molecule has 0 unspecified atom stereocenters. The van der Waals surface area contributed by atoms with E-state index in [1.165, 1.54) is 42.5 Å². The van der Waals surface area contributed by atoms with Crippen molar-refractivity contribution in [2.75, 3.05) is 18.5 Å². The number of thiophene rings is 1. The largest absolute Gasteiger partial charge is 0.451 e. The van der Waals surface area contributed by atoms with Crippen LogP contribution < -0.4 is 10.6 Å². The van der Waals surface area contributed by atoms with Gasteiger partial charge in [0.2, 0.25) is 5.91 Å². The molecule has 144 valence electrons. The highest BCUT2D eigenvalue weighted by Gasteiger charge is 2.15. The predicted octanol–water partition coefficient (Wildman–Crippen LogP) is 3.09. The zero-order valence-corrected chi connectivity index (χ0v) is 15.1. The van der Waals surface area contributed by atoms with Crippen molar-refractivity contribution in [3.8, 4) is 0 Å². The predicted molar refractivity (Wildman–Crippen MR) is 100 cm³/mol. The molecule has 0 aliphatic heterocycles. The lowest BCUT2D eigenvalue weighted by Crippen LogP contribution is -2.35. The average Bonchev–Trinajstić information content (AvgIpc) is 3.12. The van der Waals surface area contributed by atoms with Gasteiger partial charge in [0, 0.05) is 15.8 Å². The summed E-state index contributed by atoms with van der Waals surface area (Å²) in [5.74, 6) is -2.83. The minimum Gasteiger partial charge on any atom is -0.451 e. The molecule has 3 rings (SSSR count). The van der Waals surface area contributed by atoms with Crippen LogP contribution >= 0.6 is 11.3 Å². The van der Waals surface area contributed by atoms with Crippen molar-refractivity contribution in [3.05, 3.63) is 65.0 Å². The molecule has 0 fully saturated rings. The van der Waals surface area contributed by atoms with Crippen LogP contribution in [0.5, 0.6) is 0 Å². The van der Waals surface area contributed by atoms with E-state index in [0.717, 1.165) is 11.3 Å². The van der Waals surface area contributed by atoms with Gasteiger partial charge in [-0.2, -0.15) is 0 Å². The number of esters is 1. The summed E-state index contributed by atoms with van der Waals surface area (Å²) in [4.78, 5) is 35.6. The average molecular weight is 404 g/mol. The number of anilines is 1. The molecule has 1 heterocycles. The lowest BCUT2D eigenvalue weighted by molar-refractivity contribution is -0.126. The van der Waals surface area contributed by atoms with Crippen LogP contribution in [-0.4, -0.2) is 30.9 Å². The van der Waals surface area contributed by atoms with Crippen LogP contribution in [0.4, 0.5) is 14.5 Å². The minimum absolute atomic E-state index is 0.168. The lowest BCUT2D eigenvalue weighted by atomic mass is 10.2. The topological polar surface area (TPSA) is 84.5 Å². The third-order valence-electron chi connectivity index (χ3n) is 3.62. The zero-order valence-electron chi connectivity index (χ0n) is 14.3. The van der Waals surface area contributed by atoms with Crippen LogP contribution in [0.1, 0.15) is 9.67 Å². The Labute approximate surface area is 162 Å². The highest BCUT2D eigenvalue weighted by atomic mass is 32.1. The van der Waals surface area contributed by atoms with Crippen LogP contribution in [0.15, 0.2) is 48.5 Å². The van der Waals surface area contributed by atoms with Gasteiger partial charge in [-0.1, -0.05) is 6.07 Å². The molecular weight excluding hydrogens is 390 g/mol. The van der Waals surface area contributed by atoms with Crippen molar-refractivity contribution < 1.29 is 27.9 Å². The zero-order chi connectivity index (χ0) is 20.1. The van der Waals surface area contributed by atoms with Gasteiger partial charge in [0.25, 0.3) is 5.91 Å². The van der Waals surface area contributed by atoms with Gasteiger partial charge in [0.05, 0.1) is 6.54 Å². The number of benzene rings is 2. The maximum Gasteiger partial charge on any atom is 0.348 e. The molecule has 0 aliphatic carbocycles. The Kier molecular flexibility index (Phi) is 5.95. The molecule has 0 spiro atoms. The van der Waals surface area contributed by atoms with Crippen molar-refractivity contribution in [1.82, 2.24) is 5.32 Å². The summed E-state index contributed by atoms with van der Waals surface area (Å²) < 4.78 is 31.9. The van der Waals surface area contributed by atoms with Gasteiger partial charge >= 0.3 is 5.97 Å². The molecule has 28 heavy (non-hydrogen) atoms. The smallest absolute Gasteiger partial charge is 0.348 e. The summed E-state index contributed by atoms with van der Waals surface area (Å²) in [7, 11) is 0. The summed E-state index contributed by atoms with van der Waals surface area (Å²) in [6, 6.07) is 11.0. The Morgan fingerprint density at radius 3 is 2.46 bits per heavy atom. The second kappa shape index (κ2) is 8.57. The molecule has 9 heteroatoms. The number of fused-ring (bicyclic) bond motifs is 1. The molecule has 2 aromatic carbocycles. The van der Waals surface area contributed by atoms with Crippen LogP contribution in [0, 0.1) is 11.6 Å². The fourth-order valence-corrected chi connectivity index (χ4v) is 3.27. The summed E-state index contributed by atoms with van der Waals surface area (Å²) in [5.41, 5.74) is 0.379. The molecule has 0 aliphatic rings. The fourth-order valence-electron chi connectivity index (χ4n) is 2.30. The van der Waals surface area contributed by atoms with Gasteiger partial charge in [0.1, 0.15) is 16.5 Å². The van der Waals surface area contributed by atoms with E-state index in [-0.39, 0.29) is 11.4 Å². The number of halogens is 2. The number of rotatable bonds is 6. The second-order valence-corrected chi connectivity index (χ2v) is 6.75. The molecular formula is C19H14F2N2O4S. The molecule has 0 saturated heterocycles. The Morgan fingerprint density at radius 2 is 1.75 bits per heavy atom. The van der Waals surface area contributed by atoms with Crippen LogP contribution in [0.2, 0.25) is 0 Å². The number of carbonyl (C=O) groups excluding carboxylic acids is 3. The first kappa shape index (κ1) is 19.4. The Balaban J connectivity index is 1.45. The number of ether oxygens (including phenoxy) is 1. The van der Waals surface area contributed by atoms with Crippen molar-refractivity contribution >= 4 is 44.9 Å². The first-order valence-electron chi connectivity index (χ1n) is 8.09. The molecule has 0 radical (unpaired) electrons. The minimum atomic E-state index is -0.758. The first-order chi connectivity index (χ1) is 13.4. The van der Waals surface area contributed by atoms with Crippen molar-refractivity contribution in [2.24, 2.45) is 0 Å². The molecule has 2 N–H and O–H groups in total. The van der Waals surface area contributed by atoms with E-state index in [4.69, 9.17) is 4.74 Å². The van der Waals surface area contributed by atoms with E-state index < -0.39 is 36.0 Å². The van der Waals surface area contributed by atoms with E-state index in [9.17, 15) is 23.2 Å². The van der Waals surface area contributed by atoms with E-state index in [1.54, 1.807) is 6.07 Å². The summed E-state index contributed by atoms with van der Waals surface area (Å²) in [6.45, 7) is -0.929. The van der Waals surface area contributed by atoms with E-state index in [0.29, 0.717) is 15.8 Å². The monoisotopic (exact) mass is 404 g/mol. The molecule has 1 aromatic heterocycles. The number of hydrogen-bond acceptors (Lipinski definition) is 5. The Hall–Kier alpha value is -3.33. The quantitative estimate of drug-likeness (QED) is 0.619. The number of nitrogens with one attached hydrogen (secondary N) is 2. The number of carbonyl (C=O) groups is 3. The molecule has 2 amide bonds. The van der Waals surface area contributed by atoms with E-state index in [1.807, 2.05) is 0 Å². The number of amides is 2. The first-order valence-corrected chi connectivity index (χ1v) is 8.91. The molecule has 0 atom stereocenters. The fraction of sp³-hybridized carbons (Fsp3) is 0.105. The van der Waals surface area contributed by atoms with Crippen molar-refractivity contribution in [2.45, 2.75) is 0 Å². The molecule has 0 bridgehead atoms. The maximum atomic E-state index is 13.7. The summed E-state index contributed by atoms with van der Waals surface area (Å²) in [5, 5.41) is 5.08. The van der Waals surface area contributed by atoms with E-state index in [2.05, 4.69) is 10.6 Å². The van der Waals surface area contributed by atoms with Crippen LogP contribution in [-0.2, 0) is 14.3 Å². The highest BCUT2D eigenvalue weighted by molar-refractivity contribution is 7.20. The third-order valence-corrected chi connectivity index (χ3v) is 4.70. The SMILES string of the molecule is O=C(COC(=O)c1cc2c(F)cccc2s1)NCC(=O)Nc1ccc(F)cc1. The van der Waals surface area contributed by atoms with E-state index >= 15 is 0 Å². The van der Waals surface area contributed by atoms with Gasteiger partial charge in [0.15, 0.2) is 6.61 Å². The molecule has 3 aromatic rings. The van der Waals surface area contributed by atoms with Gasteiger partial charge < -0.3 is 15.4 Å². The van der Waals surface area contributed by atoms with Gasteiger partial charge in [-0.3, -0.25) is 9.59 Å². The highest BCUT2D eigenvalue weighted by Crippen LogP contribution is 2.28. The molecule has 0 saturated carbocycles. The number of hydrogen-bond donors (Lipinski definition) is 2. The Bertz CT molecular complexity index is 1030. The van der Waals surface area contributed by atoms with Gasteiger partial charge in [-0.15, -0.1) is 11.3 Å². The van der Waals surface area contributed by atoms with Crippen molar-refractivity contribution in [1.29, 1.82) is 0 Å². The molecule has 6 nitrogen and oxygen atoms in total. The second-order valence-electron chi connectivity index (χ2n) is 5.67. The Morgan fingerprint density at radius 1 is 1.00 bits per heavy atom. The maximum absolute atomic E-state index is 13.7. The van der Waals surface area contributed by atoms with Crippen LogP contribution in [0.3, 0.4) is 0 Å². The normalized spacial score (nSPS) is 10.5.